The predicted octanol–water partition coefficient (Wildman–Crippen LogP) is 1.30. The Morgan fingerprint density at radius 2 is 2.21 bits per heavy atom. The van der Waals surface area contributed by atoms with Crippen molar-refractivity contribution in [3.63, 3.8) is 0 Å². The van der Waals surface area contributed by atoms with Gasteiger partial charge in [-0.25, -0.2) is 0 Å². The van der Waals surface area contributed by atoms with Crippen LogP contribution in [-0.2, 0) is 4.79 Å². The topological polar surface area (TPSA) is 75.4 Å². The minimum absolute atomic E-state index is 0. The van der Waals surface area contributed by atoms with Gasteiger partial charge in [-0.2, -0.15) is 0 Å². The van der Waals surface area contributed by atoms with E-state index < -0.39 is 6.04 Å². The zero-order valence-corrected chi connectivity index (χ0v) is 11.9. The Balaban J connectivity index is 0.00000180. The average molecular weight is 304 g/mol. The molecule has 0 aliphatic carbocycles. The zero-order valence-electron chi connectivity index (χ0n) is 10.4. The van der Waals surface area contributed by atoms with Crippen molar-refractivity contribution < 1.29 is 9.59 Å². The van der Waals surface area contributed by atoms with E-state index in [1.54, 1.807) is 19.1 Å². The van der Waals surface area contributed by atoms with Gasteiger partial charge in [0.2, 0.25) is 5.91 Å². The van der Waals surface area contributed by atoms with Crippen LogP contribution in [-0.4, -0.2) is 35.8 Å². The van der Waals surface area contributed by atoms with Gasteiger partial charge in [-0.3, -0.25) is 9.59 Å². The quantitative estimate of drug-likeness (QED) is 0.768. The van der Waals surface area contributed by atoms with Crippen LogP contribution in [0.25, 0.3) is 0 Å². The molecule has 1 aromatic carbocycles. The Morgan fingerprint density at radius 3 is 2.84 bits per heavy atom. The van der Waals surface area contributed by atoms with Crippen LogP contribution in [0.5, 0.6) is 0 Å². The van der Waals surface area contributed by atoms with Gasteiger partial charge >= 0.3 is 0 Å². The molecule has 0 spiro atoms. The number of halogens is 2. The highest BCUT2D eigenvalue weighted by molar-refractivity contribution is 6.34. The molecule has 3 N–H and O–H groups in total. The highest BCUT2D eigenvalue weighted by Gasteiger charge is 2.30. The summed E-state index contributed by atoms with van der Waals surface area (Å²) in [4.78, 5) is 25.3. The second kappa shape index (κ2) is 6.12. The van der Waals surface area contributed by atoms with E-state index in [1.807, 2.05) is 0 Å². The zero-order chi connectivity index (χ0) is 13.3. The van der Waals surface area contributed by atoms with E-state index in [-0.39, 0.29) is 24.2 Å². The number of carbonyl (C=O) groups is 2. The van der Waals surface area contributed by atoms with Crippen LogP contribution in [0.15, 0.2) is 18.2 Å². The Kier molecular flexibility index (Phi) is 5.03. The third kappa shape index (κ3) is 3.11. The van der Waals surface area contributed by atoms with Crippen molar-refractivity contribution in [2.75, 3.05) is 18.8 Å². The number of hydrogen-bond donors (Lipinski definition) is 2. The first-order valence-corrected chi connectivity index (χ1v) is 6.02. The number of nitrogen functional groups attached to an aromatic ring is 1. The van der Waals surface area contributed by atoms with Gasteiger partial charge in [-0.05, 0) is 25.1 Å². The van der Waals surface area contributed by atoms with Crippen molar-refractivity contribution in [2.45, 2.75) is 13.0 Å². The van der Waals surface area contributed by atoms with Gasteiger partial charge in [-0.15, -0.1) is 12.4 Å². The van der Waals surface area contributed by atoms with E-state index in [0.717, 1.165) is 0 Å². The monoisotopic (exact) mass is 303 g/mol. The number of rotatable bonds is 1. The van der Waals surface area contributed by atoms with E-state index >= 15 is 0 Å². The van der Waals surface area contributed by atoms with Crippen LogP contribution in [0.1, 0.15) is 17.3 Å². The van der Waals surface area contributed by atoms with Crippen molar-refractivity contribution >= 4 is 41.5 Å². The molecule has 2 rings (SSSR count). The Morgan fingerprint density at radius 1 is 1.53 bits per heavy atom. The smallest absolute Gasteiger partial charge is 0.256 e. The van der Waals surface area contributed by atoms with Crippen molar-refractivity contribution in [1.82, 2.24) is 10.2 Å². The van der Waals surface area contributed by atoms with Crippen LogP contribution >= 0.6 is 24.0 Å². The summed E-state index contributed by atoms with van der Waals surface area (Å²) in [7, 11) is 0. The van der Waals surface area contributed by atoms with Gasteiger partial charge in [-0.1, -0.05) is 11.6 Å². The number of piperazine rings is 1. The molecule has 0 aromatic heterocycles. The van der Waals surface area contributed by atoms with Gasteiger partial charge in [0.25, 0.3) is 5.91 Å². The molecule has 19 heavy (non-hydrogen) atoms. The fourth-order valence-corrected chi connectivity index (χ4v) is 2.19. The summed E-state index contributed by atoms with van der Waals surface area (Å²) in [6, 6.07) is 4.25. The lowest BCUT2D eigenvalue weighted by Crippen LogP contribution is -2.55. The number of nitrogens with two attached hydrogens (primary N) is 1. The first-order chi connectivity index (χ1) is 8.50. The lowest BCUT2D eigenvalue weighted by Gasteiger charge is -2.33. The second-order valence-corrected chi connectivity index (χ2v) is 4.61. The Bertz CT molecular complexity index is 508. The minimum Gasteiger partial charge on any atom is -0.399 e. The van der Waals surface area contributed by atoms with Crippen molar-refractivity contribution in [3.8, 4) is 0 Å². The van der Waals surface area contributed by atoms with Crippen LogP contribution in [0.3, 0.4) is 0 Å². The summed E-state index contributed by atoms with van der Waals surface area (Å²) < 4.78 is 0. The van der Waals surface area contributed by atoms with Crippen LogP contribution in [0, 0.1) is 0 Å². The first kappa shape index (κ1) is 15.6. The minimum atomic E-state index is -0.486. The molecule has 5 nitrogen and oxygen atoms in total. The normalized spacial score (nSPS) is 18.5. The molecule has 104 valence electrons. The summed E-state index contributed by atoms with van der Waals surface area (Å²) >= 11 is 6.00. The first-order valence-electron chi connectivity index (χ1n) is 5.64. The van der Waals surface area contributed by atoms with Gasteiger partial charge in [0.1, 0.15) is 6.04 Å². The second-order valence-electron chi connectivity index (χ2n) is 4.20. The number of nitrogens with one attached hydrogen (secondary N) is 1. The standard InChI is InChI=1S/C12H14ClN3O2.ClH/c1-7-11(17)15-4-5-16(7)12(18)9-3-2-8(14)6-10(9)13;/h2-3,6-7H,4-5,14H2,1H3,(H,15,17);1H. The lowest BCUT2D eigenvalue weighted by atomic mass is 10.1. The molecule has 1 saturated heterocycles. The molecule has 0 radical (unpaired) electrons. The number of nitrogens with zero attached hydrogens (tertiary/aromatic N) is 1. The predicted molar refractivity (Wildman–Crippen MR) is 76.6 cm³/mol. The number of amides is 2. The number of benzene rings is 1. The summed E-state index contributed by atoms with van der Waals surface area (Å²) in [5.74, 6) is -0.400. The van der Waals surface area contributed by atoms with Gasteiger partial charge in [0, 0.05) is 18.8 Å². The SMILES string of the molecule is CC1C(=O)NCCN1C(=O)c1ccc(N)cc1Cl.Cl. The van der Waals surface area contributed by atoms with E-state index in [2.05, 4.69) is 5.32 Å². The third-order valence-corrected chi connectivity index (χ3v) is 3.30. The van der Waals surface area contributed by atoms with Crippen molar-refractivity contribution in [2.24, 2.45) is 0 Å². The van der Waals surface area contributed by atoms with Gasteiger partial charge in [0.05, 0.1) is 10.6 Å². The summed E-state index contributed by atoms with van der Waals surface area (Å²) in [6.45, 7) is 2.63. The molecule has 0 bridgehead atoms. The molecule has 1 atom stereocenters. The van der Waals surface area contributed by atoms with E-state index in [0.29, 0.717) is 29.4 Å². The van der Waals surface area contributed by atoms with Crippen LogP contribution in [0.4, 0.5) is 5.69 Å². The van der Waals surface area contributed by atoms with Crippen molar-refractivity contribution in [1.29, 1.82) is 0 Å². The number of carbonyl (C=O) groups excluding carboxylic acids is 2. The molecule has 1 unspecified atom stereocenters. The van der Waals surface area contributed by atoms with Crippen molar-refractivity contribution in [3.05, 3.63) is 28.8 Å². The van der Waals surface area contributed by atoms with Crippen LogP contribution < -0.4 is 11.1 Å². The van der Waals surface area contributed by atoms with Gasteiger partial charge < -0.3 is 16.0 Å². The largest absolute Gasteiger partial charge is 0.399 e. The maximum absolute atomic E-state index is 12.3. The summed E-state index contributed by atoms with van der Waals surface area (Å²) in [5.41, 5.74) is 6.45. The average Bonchev–Trinajstić information content (AvgIpc) is 2.32. The molecule has 1 aliphatic heterocycles. The fraction of sp³-hybridized carbons (Fsp3) is 0.333. The number of hydrogen-bond acceptors (Lipinski definition) is 3. The highest BCUT2D eigenvalue weighted by Crippen LogP contribution is 2.22. The third-order valence-electron chi connectivity index (χ3n) is 2.98. The molecule has 1 fully saturated rings. The lowest BCUT2D eigenvalue weighted by molar-refractivity contribution is -0.127. The fourth-order valence-electron chi connectivity index (χ4n) is 1.92. The summed E-state index contributed by atoms with van der Waals surface area (Å²) in [6.07, 6.45) is 0. The van der Waals surface area contributed by atoms with E-state index in [9.17, 15) is 9.59 Å². The maximum atomic E-state index is 12.3. The molecular formula is C12H15Cl2N3O2. The molecular weight excluding hydrogens is 289 g/mol. The molecule has 0 saturated carbocycles. The maximum Gasteiger partial charge on any atom is 0.256 e. The Hall–Kier alpha value is -1.46. The molecule has 1 heterocycles. The molecule has 1 aromatic rings. The van der Waals surface area contributed by atoms with E-state index in [4.69, 9.17) is 17.3 Å². The summed E-state index contributed by atoms with van der Waals surface area (Å²) in [5, 5.41) is 3.01. The van der Waals surface area contributed by atoms with Crippen LogP contribution in [0.2, 0.25) is 5.02 Å². The highest BCUT2D eigenvalue weighted by atomic mass is 35.5. The molecule has 1 aliphatic rings. The van der Waals surface area contributed by atoms with Gasteiger partial charge in [0.15, 0.2) is 0 Å². The Labute approximate surface area is 122 Å². The van der Waals surface area contributed by atoms with E-state index in [1.165, 1.54) is 11.0 Å². The number of anilines is 1. The molecule has 7 heteroatoms. The molecule has 2 amide bonds.